The molecule has 0 fully saturated rings. The van der Waals surface area contributed by atoms with Gasteiger partial charge in [0.1, 0.15) is 0 Å². The summed E-state index contributed by atoms with van der Waals surface area (Å²) < 4.78 is 0. The number of allylic oxidation sites excluding steroid dienone is 6. The molecule has 0 spiro atoms. The minimum atomic E-state index is 0.0544. The Bertz CT molecular complexity index is 2810. The maximum atomic E-state index is 3.81. The molecule has 0 amide bonds. The van der Waals surface area contributed by atoms with E-state index in [1.54, 1.807) is 0 Å². The van der Waals surface area contributed by atoms with Gasteiger partial charge in [0.05, 0.1) is 6.04 Å². The molecule has 10 rings (SSSR count). The molecule has 1 heteroatoms. The van der Waals surface area contributed by atoms with Gasteiger partial charge in [-0.05, 0) is 107 Å². The fraction of sp³-hybridized carbons (Fsp3) is 0.0545. The third-order valence-corrected chi connectivity index (χ3v) is 11.4. The van der Waals surface area contributed by atoms with E-state index < -0.39 is 0 Å². The van der Waals surface area contributed by atoms with Gasteiger partial charge in [0.25, 0.3) is 0 Å². The fourth-order valence-corrected chi connectivity index (χ4v) is 8.65. The minimum absolute atomic E-state index is 0.0544. The predicted octanol–water partition coefficient (Wildman–Crippen LogP) is 14.4. The van der Waals surface area contributed by atoms with Crippen LogP contribution in [0.3, 0.4) is 0 Å². The second kappa shape index (κ2) is 14.7. The lowest BCUT2D eigenvalue weighted by atomic mass is 9.81. The van der Waals surface area contributed by atoms with Gasteiger partial charge in [-0.1, -0.05) is 200 Å². The summed E-state index contributed by atoms with van der Waals surface area (Å²) in [5.74, 6) is 0.340. The Hall–Kier alpha value is -6.96. The van der Waals surface area contributed by atoms with Crippen LogP contribution in [0.4, 0.5) is 0 Å². The molecule has 1 aliphatic carbocycles. The van der Waals surface area contributed by atoms with Crippen LogP contribution in [0.15, 0.2) is 218 Å². The number of hydrogen-bond donors (Lipinski definition) is 1. The van der Waals surface area contributed by atoms with Crippen LogP contribution >= 0.6 is 0 Å². The lowest BCUT2D eigenvalue weighted by Crippen LogP contribution is -2.21. The number of benzene rings is 8. The molecule has 1 aliphatic heterocycles. The van der Waals surface area contributed by atoms with E-state index in [2.05, 4.69) is 224 Å². The van der Waals surface area contributed by atoms with Crippen molar-refractivity contribution in [2.45, 2.75) is 18.4 Å². The largest absolute Gasteiger partial charge is 0.374 e. The van der Waals surface area contributed by atoms with Crippen molar-refractivity contribution in [2.24, 2.45) is 0 Å². The highest BCUT2D eigenvalue weighted by molar-refractivity contribution is 6.16. The number of rotatable bonds is 7. The summed E-state index contributed by atoms with van der Waals surface area (Å²) in [5.41, 5.74) is 14.8. The maximum absolute atomic E-state index is 3.81. The van der Waals surface area contributed by atoms with Gasteiger partial charge in [-0.2, -0.15) is 0 Å². The Kier molecular flexibility index (Phi) is 8.82. The number of fused-ring (bicyclic) bond motifs is 2. The predicted molar refractivity (Wildman–Crippen MR) is 238 cm³/mol. The Morgan fingerprint density at radius 1 is 0.429 bits per heavy atom. The first-order chi connectivity index (χ1) is 27.8. The molecule has 2 aliphatic rings. The highest BCUT2D eigenvalue weighted by Gasteiger charge is 2.21. The van der Waals surface area contributed by atoms with Gasteiger partial charge in [0.2, 0.25) is 0 Å². The Labute approximate surface area is 329 Å². The van der Waals surface area contributed by atoms with E-state index in [-0.39, 0.29) is 6.04 Å². The van der Waals surface area contributed by atoms with Crippen LogP contribution in [0, 0.1) is 0 Å². The van der Waals surface area contributed by atoms with Gasteiger partial charge in [0, 0.05) is 11.6 Å². The van der Waals surface area contributed by atoms with E-state index in [9.17, 15) is 0 Å². The van der Waals surface area contributed by atoms with Crippen LogP contribution < -0.4 is 5.32 Å². The Balaban J connectivity index is 0.987. The molecule has 266 valence electrons. The molecule has 0 aromatic heterocycles. The molecule has 0 saturated heterocycles. The first-order valence-corrected chi connectivity index (χ1v) is 19.7. The quantitative estimate of drug-likeness (QED) is 0.162. The van der Waals surface area contributed by atoms with Gasteiger partial charge >= 0.3 is 0 Å². The Morgan fingerprint density at radius 3 is 1.64 bits per heavy atom. The van der Waals surface area contributed by atoms with E-state index in [1.165, 1.54) is 82.8 Å². The van der Waals surface area contributed by atoms with E-state index in [0.717, 1.165) is 12.1 Å². The first kappa shape index (κ1) is 33.6. The lowest BCUT2D eigenvalue weighted by Gasteiger charge is -2.26. The molecule has 8 aromatic rings. The zero-order valence-corrected chi connectivity index (χ0v) is 31.1. The van der Waals surface area contributed by atoms with Crippen LogP contribution in [0.1, 0.15) is 40.6 Å². The maximum Gasteiger partial charge on any atom is 0.0707 e. The topological polar surface area (TPSA) is 12.0 Å². The highest BCUT2D eigenvalue weighted by Crippen LogP contribution is 2.45. The van der Waals surface area contributed by atoms with Gasteiger partial charge < -0.3 is 5.32 Å². The summed E-state index contributed by atoms with van der Waals surface area (Å²) >= 11 is 0. The van der Waals surface area contributed by atoms with Crippen LogP contribution in [-0.2, 0) is 0 Å². The van der Waals surface area contributed by atoms with Crippen molar-refractivity contribution in [2.75, 3.05) is 0 Å². The average molecular weight is 716 g/mol. The zero-order chi connectivity index (χ0) is 37.3. The van der Waals surface area contributed by atoms with Gasteiger partial charge in [-0.25, -0.2) is 0 Å². The minimum Gasteiger partial charge on any atom is -0.374 e. The van der Waals surface area contributed by atoms with Gasteiger partial charge in [0.15, 0.2) is 0 Å². The van der Waals surface area contributed by atoms with E-state index in [1.807, 2.05) is 0 Å². The first-order valence-electron chi connectivity index (χ1n) is 19.7. The van der Waals surface area contributed by atoms with Gasteiger partial charge in [-0.15, -0.1) is 0 Å². The number of nitrogens with one attached hydrogen (secondary N) is 1. The smallest absolute Gasteiger partial charge is 0.0707 e. The van der Waals surface area contributed by atoms with E-state index in [4.69, 9.17) is 0 Å². The molecule has 0 bridgehead atoms. The number of dihydropyridines is 1. The summed E-state index contributed by atoms with van der Waals surface area (Å²) in [6, 6.07) is 66.4. The molecule has 0 saturated carbocycles. The second-order valence-corrected chi connectivity index (χ2v) is 14.8. The van der Waals surface area contributed by atoms with Crippen LogP contribution in [0.25, 0.3) is 66.2 Å². The van der Waals surface area contributed by atoms with Crippen molar-refractivity contribution in [3.05, 3.63) is 241 Å². The zero-order valence-electron chi connectivity index (χ0n) is 31.1. The third-order valence-electron chi connectivity index (χ3n) is 11.4. The molecule has 0 radical (unpaired) electrons. The SMILES string of the molecule is C1=CCC(c2c3ccccc3c(-c3ccccc3)c3cc(-c4ccc(-c5ccc(C6C=C(c7ccccc7)C=C(c7ccccc7)N6)cc5)cc4)ccc23)C=C1. The van der Waals surface area contributed by atoms with Crippen LogP contribution in [-0.4, -0.2) is 0 Å². The van der Waals surface area contributed by atoms with Crippen LogP contribution in [0.2, 0.25) is 0 Å². The van der Waals surface area contributed by atoms with Crippen molar-refractivity contribution in [3.63, 3.8) is 0 Å². The van der Waals surface area contributed by atoms with Crippen molar-refractivity contribution < 1.29 is 0 Å². The molecule has 1 heterocycles. The van der Waals surface area contributed by atoms with Crippen LogP contribution in [0.5, 0.6) is 0 Å². The second-order valence-electron chi connectivity index (χ2n) is 14.8. The van der Waals surface area contributed by atoms with Crippen molar-refractivity contribution in [1.82, 2.24) is 5.32 Å². The summed E-state index contributed by atoms with van der Waals surface area (Å²) in [7, 11) is 0. The van der Waals surface area contributed by atoms with Gasteiger partial charge in [-0.3, -0.25) is 0 Å². The standard InChI is InChI=1S/C55H41N/c1-5-15-38(16-6-1)47-36-52(42-17-7-2-8-18-42)56-53(37-47)43-31-29-40(30-32-43)39-25-27-41(28-26-39)46-33-34-50-51(35-46)55(45-21-11-4-12-22-45)49-24-14-13-23-48(49)54(50)44-19-9-3-10-20-44/h1-19,21-37,44,53,56H,20H2. The van der Waals surface area contributed by atoms with E-state index >= 15 is 0 Å². The van der Waals surface area contributed by atoms with E-state index in [0.29, 0.717) is 5.92 Å². The molecule has 2 unspecified atom stereocenters. The molecular formula is C55H41N. The molecule has 2 atom stereocenters. The summed E-state index contributed by atoms with van der Waals surface area (Å²) in [6.07, 6.45) is 14.7. The highest BCUT2D eigenvalue weighted by atomic mass is 14.9. The van der Waals surface area contributed by atoms with Crippen molar-refractivity contribution in [3.8, 4) is 33.4 Å². The molecule has 56 heavy (non-hydrogen) atoms. The fourth-order valence-electron chi connectivity index (χ4n) is 8.65. The summed E-state index contributed by atoms with van der Waals surface area (Å²) in [4.78, 5) is 0. The normalized spacial score (nSPS) is 16.4. The number of hydrogen-bond acceptors (Lipinski definition) is 1. The summed E-state index contributed by atoms with van der Waals surface area (Å²) in [5, 5.41) is 9.09. The molecule has 1 nitrogen and oxygen atoms in total. The molecular weight excluding hydrogens is 675 g/mol. The Morgan fingerprint density at radius 2 is 0.982 bits per heavy atom. The molecule has 1 N–H and O–H groups in total. The third kappa shape index (κ3) is 6.38. The molecule has 8 aromatic carbocycles. The van der Waals surface area contributed by atoms with Crippen molar-refractivity contribution in [1.29, 1.82) is 0 Å². The average Bonchev–Trinajstić information content (AvgIpc) is 3.29. The van der Waals surface area contributed by atoms with Crippen molar-refractivity contribution >= 4 is 32.8 Å². The monoisotopic (exact) mass is 715 g/mol. The lowest BCUT2D eigenvalue weighted by molar-refractivity contribution is 0.767. The summed E-state index contributed by atoms with van der Waals surface area (Å²) in [6.45, 7) is 0.